The van der Waals surface area contributed by atoms with Gasteiger partial charge in [-0.3, -0.25) is 9.36 Å². The van der Waals surface area contributed by atoms with Crippen molar-refractivity contribution in [2.45, 2.75) is 70.1 Å². The van der Waals surface area contributed by atoms with Gasteiger partial charge in [-0.2, -0.15) is 13.2 Å². The number of H-pyrrole nitrogens is 1. The monoisotopic (exact) mass is 851 g/mol. The van der Waals surface area contributed by atoms with Gasteiger partial charge in [0.15, 0.2) is 0 Å². The van der Waals surface area contributed by atoms with Gasteiger partial charge in [0.05, 0.1) is 16.9 Å². The Morgan fingerprint density at radius 3 is 2.12 bits per heavy atom. The molecule has 3 aromatic rings. The summed E-state index contributed by atoms with van der Waals surface area (Å²) in [6, 6.07) is 7.19. The summed E-state index contributed by atoms with van der Waals surface area (Å²) in [5.74, 6) is 1.19. The van der Waals surface area contributed by atoms with Crippen LogP contribution in [0.25, 0.3) is 11.3 Å². The van der Waals surface area contributed by atoms with Gasteiger partial charge in [0.1, 0.15) is 6.04 Å². The summed E-state index contributed by atoms with van der Waals surface area (Å²) in [7, 11) is 0. The fourth-order valence-electron chi connectivity index (χ4n) is 8.02. The molecule has 1 aromatic heterocycles. The molecule has 0 saturated carbocycles. The lowest BCUT2D eigenvalue weighted by atomic mass is 9.78. The topological polar surface area (TPSA) is 120 Å². The molecule has 4 heterocycles. The van der Waals surface area contributed by atoms with Crippen LogP contribution in [-0.2, 0) is 17.4 Å². The smallest absolute Gasteiger partial charge is 0.397 e. The number of amides is 3. The number of halogens is 5. The second-order valence-corrected chi connectivity index (χ2v) is 16.0. The van der Waals surface area contributed by atoms with Gasteiger partial charge in [-0.15, -0.1) is 0 Å². The molecule has 15 heteroatoms. The minimum atomic E-state index is -4.50. The van der Waals surface area contributed by atoms with Gasteiger partial charge >= 0.3 is 17.9 Å². The molecule has 3 amide bonds. The molecule has 1 atom stereocenters. The van der Waals surface area contributed by atoms with Crippen LogP contribution in [0.15, 0.2) is 56.3 Å². The van der Waals surface area contributed by atoms with Crippen molar-refractivity contribution in [2.75, 3.05) is 51.5 Å². The van der Waals surface area contributed by atoms with Crippen LogP contribution in [0.1, 0.15) is 62.6 Å². The molecule has 0 radical (unpaired) electrons. The SMILES string of the molecule is CCN1CCC(C2CCN(C(=O)[C@H](Cc3cc(Br)c(N)c(Br)c3)NC(=O)N3CCC(n4cc(-c5cccc(C(F)(F)F)c5)[nH]c4=O)CC3)CC2)CC1. The second-order valence-electron chi connectivity index (χ2n) is 14.3. The molecule has 0 aliphatic carbocycles. The van der Waals surface area contributed by atoms with Gasteiger partial charge in [0.2, 0.25) is 5.91 Å². The van der Waals surface area contributed by atoms with Crippen molar-refractivity contribution in [1.82, 2.24) is 29.6 Å². The van der Waals surface area contributed by atoms with Crippen molar-refractivity contribution in [1.29, 1.82) is 0 Å². The Hall–Kier alpha value is -3.30. The Bertz CT molecular complexity index is 1770. The fourth-order valence-corrected chi connectivity index (χ4v) is 9.30. The van der Waals surface area contributed by atoms with E-state index in [9.17, 15) is 27.6 Å². The molecule has 0 unspecified atom stereocenters. The highest BCUT2D eigenvalue weighted by Crippen LogP contribution is 2.35. The van der Waals surface area contributed by atoms with Crippen molar-refractivity contribution in [3.05, 3.63) is 73.2 Å². The molecule has 10 nitrogen and oxygen atoms in total. The molecular formula is C37H46Br2F3N7O3. The number of benzene rings is 2. The van der Waals surface area contributed by atoms with Gasteiger partial charge in [0.25, 0.3) is 0 Å². The van der Waals surface area contributed by atoms with E-state index in [2.05, 4.69) is 54.0 Å². The van der Waals surface area contributed by atoms with E-state index < -0.39 is 23.5 Å². The quantitative estimate of drug-likeness (QED) is 0.213. The number of hydrogen-bond donors (Lipinski definition) is 3. The largest absolute Gasteiger partial charge is 0.416 e. The molecule has 282 valence electrons. The highest BCUT2D eigenvalue weighted by atomic mass is 79.9. The number of alkyl halides is 3. The van der Waals surface area contributed by atoms with Gasteiger partial charge < -0.3 is 30.7 Å². The van der Waals surface area contributed by atoms with E-state index in [0.717, 1.165) is 50.2 Å². The number of imidazole rings is 1. The van der Waals surface area contributed by atoms with Crippen molar-refractivity contribution >= 4 is 49.5 Å². The number of anilines is 1. The molecule has 3 aliphatic rings. The maximum Gasteiger partial charge on any atom is 0.416 e. The summed E-state index contributed by atoms with van der Waals surface area (Å²) in [5.41, 5.74) is 6.87. The molecule has 0 bridgehead atoms. The first kappa shape index (κ1) is 38.4. The van der Waals surface area contributed by atoms with Gasteiger partial charge in [-0.05, 0) is 132 Å². The second kappa shape index (κ2) is 16.4. The molecule has 3 saturated heterocycles. The number of rotatable bonds is 8. The molecule has 3 fully saturated rings. The van der Waals surface area contributed by atoms with Crippen molar-refractivity contribution < 1.29 is 22.8 Å². The summed E-state index contributed by atoms with van der Waals surface area (Å²) in [5, 5.41) is 3.04. The lowest BCUT2D eigenvalue weighted by Crippen LogP contribution is -2.55. The van der Waals surface area contributed by atoms with E-state index in [1.807, 2.05) is 17.0 Å². The van der Waals surface area contributed by atoms with E-state index in [1.54, 1.807) is 11.1 Å². The highest BCUT2D eigenvalue weighted by molar-refractivity contribution is 9.11. The fraction of sp³-hybridized carbons (Fsp3) is 0.541. The van der Waals surface area contributed by atoms with E-state index in [1.165, 1.54) is 29.5 Å². The lowest BCUT2D eigenvalue weighted by molar-refractivity contribution is -0.137. The van der Waals surface area contributed by atoms with Crippen molar-refractivity contribution in [2.24, 2.45) is 11.8 Å². The third kappa shape index (κ3) is 8.90. The zero-order valence-electron chi connectivity index (χ0n) is 29.2. The van der Waals surface area contributed by atoms with Gasteiger partial charge in [-0.25, -0.2) is 9.59 Å². The number of nitrogen functional groups attached to an aromatic ring is 1. The molecule has 6 rings (SSSR count). The number of likely N-dealkylation sites (tertiary alicyclic amines) is 3. The number of nitrogens with zero attached hydrogens (tertiary/aromatic N) is 4. The minimum absolute atomic E-state index is 0.104. The number of urea groups is 1. The van der Waals surface area contributed by atoms with E-state index in [0.29, 0.717) is 71.2 Å². The van der Waals surface area contributed by atoms with Gasteiger partial charge in [0, 0.05) is 59.3 Å². The number of hydrogen-bond acceptors (Lipinski definition) is 5. The first-order valence-corrected chi connectivity index (χ1v) is 19.7. The summed E-state index contributed by atoms with van der Waals surface area (Å²) in [6.45, 7) is 7.59. The first-order chi connectivity index (χ1) is 24.8. The number of aromatic nitrogens is 2. The van der Waals surface area contributed by atoms with E-state index in [4.69, 9.17) is 5.73 Å². The number of carbonyl (C=O) groups is 2. The van der Waals surface area contributed by atoms with E-state index >= 15 is 0 Å². The highest BCUT2D eigenvalue weighted by Gasteiger charge is 2.35. The molecule has 2 aromatic carbocycles. The zero-order valence-corrected chi connectivity index (χ0v) is 32.4. The average molecular weight is 854 g/mol. The summed E-state index contributed by atoms with van der Waals surface area (Å²) in [4.78, 5) is 49.5. The predicted octanol–water partition coefficient (Wildman–Crippen LogP) is 6.90. The van der Waals surface area contributed by atoms with Crippen molar-refractivity contribution in [3.63, 3.8) is 0 Å². The minimum Gasteiger partial charge on any atom is -0.397 e. The Labute approximate surface area is 318 Å². The molecular weight excluding hydrogens is 807 g/mol. The first-order valence-electron chi connectivity index (χ1n) is 18.1. The van der Waals surface area contributed by atoms with Crippen LogP contribution in [-0.4, -0.2) is 88.0 Å². The summed E-state index contributed by atoms with van der Waals surface area (Å²) >= 11 is 7.00. The Balaban J connectivity index is 1.10. The average Bonchev–Trinajstić information content (AvgIpc) is 3.54. The summed E-state index contributed by atoms with van der Waals surface area (Å²) in [6.07, 6.45) is 2.60. The number of nitrogens with one attached hydrogen (secondary N) is 2. The van der Waals surface area contributed by atoms with Crippen LogP contribution in [0.2, 0.25) is 0 Å². The third-order valence-corrected chi connectivity index (χ3v) is 12.5. The zero-order chi connectivity index (χ0) is 37.2. The summed E-state index contributed by atoms with van der Waals surface area (Å²) < 4.78 is 42.8. The maximum atomic E-state index is 14.1. The number of nitrogens with two attached hydrogens (primary N) is 1. The van der Waals surface area contributed by atoms with Crippen LogP contribution in [0, 0.1) is 11.8 Å². The third-order valence-electron chi connectivity index (χ3n) is 11.2. The number of carbonyl (C=O) groups excluding carboxylic acids is 2. The molecule has 4 N–H and O–H groups in total. The molecule has 52 heavy (non-hydrogen) atoms. The lowest BCUT2D eigenvalue weighted by Gasteiger charge is -2.41. The van der Waals surface area contributed by atoms with Crippen LogP contribution < -0.4 is 16.7 Å². The molecule has 3 aliphatic heterocycles. The Kier molecular flexibility index (Phi) is 12.1. The number of piperidine rings is 3. The van der Waals surface area contributed by atoms with Crippen molar-refractivity contribution in [3.8, 4) is 11.3 Å². The van der Waals surface area contributed by atoms with E-state index in [-0.39, 0.29) is 30.0 Å². The van der Waals surface area contributed by atoms with Crippen LogP contribution in [0.4, 0.5) is 23.7 Å². The Morgan fingerprint density at radius 2 is 1.52 bits per heavy atom. The standard InChI is InChI=1S/C37H46Br2F3N7O3/c1-2-46-12-6-24(7-13-46)25-8-14-47(15-9-25)34(50)31(20-23-18-29(38)33(43)30(39)19-23)44-35(51)48-16-10-28(11-17-48)49-22-32(45-36(49)52)26-4-3-5-27(21-26)37(40,41)42/h3-5,18-19,21-22,24-25,28,31H,2,6-17,20,43H2,1H3,(H,44,51)(H,45,52)/t31-/m0/s1. The number of aromatic amines is 1. The molecule has 0 spiro atoms. The maximum absolute atomic E-state index is 14.1. The van der Waals surface area contributed by atoms with Gasteiger partial charge in [-0.1, -0.05) is 19.1 Å². The predicted molar refractivity (Wildman–Crippen MR) is 202 cm³/mol. The normalized spacial score (nSPS) is 19.2. The van der Waals surface area contributed by atoms with Crippen LogP contribution >= 0.6 is 31.9 Å². The Morgan fingerprint density at radius 1 is 0.923 bits per heavy atom. The van der Waals surface area contributed by atoms with Crippen LogP contribution in [0.5, 0.6) is 0 Å². The van der Waals surface area contributed by atoms with Crippen LogP contribution in [0.3, 0.4) is 0 Å².